The van der Waals surface area contributed by atoms with Crippen LogP contribution in [0.2, 0.25) is 0 Å². The van der Waals surface area contributed by atoms with Crippen LogP contribution in [-0.4, -0.2) is 42.9 Å². The first-order chi connectivity index (χ1) is 9.66. The quantitative estimate of drug-likeness (QED) is 0.845. The van der Waals surface area contributed by atoms with Crippen LogP contribution in [0, 0.1) is 5.92 Å². The number of ether oxygens (including phenoxy) is 1. The van der Waals surface area contributed by atoms with E-state index in [1.54, 1.807) is 0 Å². The van der Waals surface area contributed by atoms with Crippen molar-refractivity contribution in [1.29, 1.82) is 0 Å². The molecule has 0 N–H and O–H groups in total. The molecule has 1 aromatic carbocycles. The lowest BCUT2D eigenvalue weighted by molar-refractivity contribution is -0.130. The summed E-state index contributed by atoms with van der Waals surface area (Å²) >= 11 is 4.48. The van der Waals surface area contributed by atoms with Gasteiger partial charge in [-0.05, 0) is 30.7 Å². The summed E-state index contributed by atoms with van der Waals surface area (Å²) in [6.07, 6.45) is 2.78. The molecule has 1 aromatic rings. The molecule has 4 heteroatoms. The Labute approximate surface area is 126 Å². The predicted molar refractivity (Wildman–Crippen MR) is 84.1 cm³/mol. The minimum Gasteiger partial charge on any atom is -0.381 e. The summed E-state index contributed by atoms with van der Waals surface area (Å²) < 4.78 is 5.35. The van der Waals surface area contributed by atoms with Crippen LogP contribution in [0.5, 0.6) is 0 Å². The van der Waals surface area contributed by atoms with E-state index in [-0.39, 0.29) is 11.2 Å². The number of hydrogen-bond acceptors (Lipinski definition) is 3. The fourth-order valence-corrected chi connectivity index (χ4v) is 2.99. The summed E-state index contributed by atoms with van der Waals surface area (Å²) in [6.45, 7) is 2.45. The lowest BCUT2D eigenvalue weighted by Gasteiger charge is -2.28. The molecule has 3 nitrogen and oxygen atoms in total. The Balaban J connectivity index is 1.82. The van der Waals surface area contributed by atoms with E-state index >= 15 is 0 Å². The summed E-state index contributed by atoms with van der Waals surface area (Å²) in [5.74, 6) is 0.679. The molecule has 0 saturated carbocycles. The molecular formula is C16H23NO2S. The molecule has 1 fully saturated rings. The van der Waals surface area contributed by atoms with E-state index in [2.05, 4.69) is 12.6 Å². The highest BCUT2D eigenvalue weighted by Gasteiger charge is 2.22. The summed E-state index contributed by atoms with van der Waals surface area (Å²) in [4.78, 5) is 14.2. The van der Waals surface area contributed by atoms with Crippen molar-refractivity contribution in [2.75, 3.05) is 26.8 Å². The fourth-order valence-electron chi connectivity index (χ4n) is 2.59. The monoisotopic (exact) mass is 293 g/mol. The zero-order valence-corrected chi connectivity index (χ0v) is 12.9. The van der Waals surface area contributed by atoms with Gasteiger partial charge in [-0.2, -0.15) is 12.6 Å². The van der Waals surface area contributed by atoms with E-state index in [1.165, 1.54) is 0 Å². The van der Waals surface area contributed by atoms with Gasteiger partial charge in [0.25, 0.3) is 0 Å². The number of carbonyl (C=O) groups is 1. The number of amides is 1. The average molecular weight is 293 g/mol. The van der Waals surface area contributed by atoms with Crippen LogP contribution in [-0.2, 0) is 16.0 Å². The van der Waals surface area contributed by atoms with Gasteiger partial charge in [-0.1, -0.05) is 30.3 Å². The molecule has 1 heterocycles. The Kier molecular flexibility index (Phi) is 5.92. The van der Waals surface area contributed by atoms with Gasteiger partial charge in [-0.25, -0.2) is 0 Å². The van der Waals surface area contributed by atoms with Crippen LogP contribution in [0.4, 0.5) is 0 Å². The zero-order chi connectivity index (χ0) is 14.4. The van der Waals surface area contributed by atoms with Crippen molar-refractivity contribution in [3.05, 3.63) is 35.9 Å². The van der Waals surface area contributed by atoms with E-state index in [0.717, 1.165) is 38.2 Å². The van der Waals surface area contributed by atoms with E-state index in [9.17, 15) is 4.79 Å². The minimum atomic E-state index is -0.262. The van der Waals surface area contributed by atoms with Gasteiger partial charge in [-0.3, -0.25) is 4.79 Å². The molecule has 0 radical (unpaired) electrons. The molecule has 20 heavy (non-hydrogen) atoms. The second-order valence-corrected chi connectivity index (χ2v) is 6.10. The number of rotatable bonds is 5. The molecular weight excluding hydrogens is 270 g/mol. The summed E-state index contributed by atoms with van der Waals surface area (Å²) in [5.41, 5.74) is 1.15. The Morgan fingerprint density at radius 1 is 1.35 bits per heavy atom. The minimum absolute atomic E-state index is 0.115. The third-order valence-corrected chi connectivity index (χ3v) is 4.21. The van der Waals surface area contributed by atoms with Crippen molar-refractivity contribution >= 4 is 18.5 Å². The highest BCUT2D eigenvalue weighted by molar-refractivity contribution is 7.81. The van der Waals surface area contributed by atoms with Gasteiger partial charge < -0.3 is 9.64 Å². The molecule has 1 unspecified atom stereocenters. The van der Waals surface area contributed by atoms with Crippen LogP contribution in [0.15, 0.2) is 30.3 Å². The van der Waals surface area contributed by atoms with Crippen molar-refractivity contribution in [3.63, 3.8) is 0 Å². The lowest BCUT2D eigenvalue weighted by Crippen LogP contribution is -2.39. The number of benzene rings is 1. The second-order valence-electron chi connectivity index (χ2n) is 5.48. The van der Waals surface area contributed by atoms with Crippen molar-refractivity contribution in [2.45, 2.75) is 24.5 Å². The van der Waals surface area contributed by atoms with Gasteiger partial charge in [0, 0.05) is 26.8 Å². The molecule has 1 aliphatic rings. The number of carbonyl (C=O) groups excluding carboxylic acids is 1. The number of nitrogens with zero attached hydrogens (tertiary/aromatic N) is 1. The van der Waals surface area contributed by atoms with Crippen molar-refractivity contribution in [2.24, 2.45) is 5.92 Å². The summed E-state index contributed by atoms with van der Waals surface area (Å²) in [5, 5.41) is -0.262. The molecule has 1 atom stereocenters. The standard InChI is InChI=1S/C16H23NO2S/c1-17(12-14-7-9-19-10-8-14)16(18)15(20)11-13-5-3-2-4-6-13/h2-6,14-15,20H,7-12H2,1H3. The predicted octanol–water partition coefficient (Wildman–Crippen LogP) is 2.41. The normalized spacial score (nSPS) is 17.7. The molecule has 110 valence electrons. The van der Waals surface area contributed by atoms with Crippen LogP contribution in [0.3, 0.4) is 0 Å². The zero-order valence-electron chi connectivity index (χ0n) is 12.0. The molecule has 0 bridgehead atoms. The van der Waals surface area contributed by atoms with Gasteiger partial charge in [0.15, 0.2) is 0 Å². The van der Waals surface area contributed by atoms with Gasteiger partial charge in [0.05, 0.1) is 5.25 Å². The smallest absolute Gasteiger partial charge is 0.235 e. The Morgan fingerprint density at radius 2 is 2.00 bits per heavy atom. The third-order valence-electron chi connectivity index (χ3n) is 3.81. The molecule has 1 amide bonds. The maximum atomic E-state index is 12.3. The van der Waals surface area contributed by atoms with E-state index in [0.29, 0.717) is 12.3 Å². The first kappa shape index (κ1) is 15.4. The number of hydrogen-bond donors (Lipinski definition) is 1. The summed E-state index contributed by atoms with van der Waals surface area (Å²) in [7, 11) is 1.88. The largest absolute Gasteiger partial charge is 0.381 e. The highest BCUT2D eigenvalue weighted by atomic mass is 32.1. The summed E-state index contributed by atoms with van der Waals surface area (Å²) in [6, 6.07) is 10.0. The Hall–Kier alpha value is -1.00. The van der Waals surface area contributed by atoms with Crippen molar-refractivity contribution in [1.82, 2.24) is 4.90 Å². The maximum Gasteiger partial charge on any atom is 0.235 e. The molecule has 1 saturated heterocycles. The molecule has 1 aliphatic heterocycles. The number of thiol groups is 1. The highest BCUT2D eigenvalue weighted by Crippen LogP contribution is 2.17. The Bertz CT molecular complexity index is 418. The van der Waals surface area contributed by atoms with Crippen LogP contribution >= 0.6 is 12.6 Å². The first-order valence-corrected chi connectivity index (χ1v) is 7.73. The van der Waals surface area contributed by atoms with Gasteiger partial charge >= 0.3 is 0 Å². The van der Waals surface area contributed by atoms with Crippen LogP contribution in [0.1, 0.15) is 18.4 Å². The van der Waals surface area contributed by atoms with Crippen LogP contribution < -0.4 is 0 Å². The lowest BCUT2D eigenvalue weighted by atomic mass is 9.99. The molecule has 0 aliphatic carbocycles. The average Bonchev–Trinajstić information content (AvgIpc) is 2.48. The van der Waals surface area contributed by atoms with E-state index < -0.39 is 0 Å². The molecule has 0 aromatic heterocycles. The van der Waals surface area contributed by atoms with Gasteiger partial charge in [0.2, 0.25) is 5.91 Å². The topological polar surface area (TPSA) is 29.5 Å². The SMILES string of the molecule is CN(CC1CCOCC1)C(=O)C(S)Cc1ccccc1. The van der Waals surface area contributed by atoms with Crippen molar-refractivity contribution < 1.29 is 9.53 Å². The van der Waals surface area contributed by atoms with Gasteiger partial charge in [-0.15, -0.1) is 0 Å². The van der Waals surface area contributed by atoms with E-state index in [4.69, 9.17) is 4.74 Å². The molecule has 0 spiro atoms. The third kappa shape index (κ3) is 4.53. The Morgan fingerprint density at radius 3 is 2.65 bits per heavy atom. The van der Waals surface area contributed by atoms with Gasteiger partial charge in [0.1, 0.15) is 0 Å². The maximum absolute atomic E-state index is 12.3. The first-order valence-electron chi connectivity index (χ1n) is 7.21. The second kappa shape index (κ2) is 7.70. The van der Waals surface area contributed by atoms with Crippen molar-refractivity contribution in [3.8, 4) is 0 Å². The fraction of sp³-hybridized carbons (Fsp3) is 0.562. The van der Waals surface area contributed by atoms with Crippen LogP contribution in [0.25, 0.3) is 0 Å². The molecule has 2 rings (SSSR count). The van der Waals surface area contributed by atoms with E-state index in [1.807, 2.05) is 42.3 Å².